The lowest BCUT2D eigenvalue weighted by Crippen LogP contribution is -2.33. The van der Waals surface area contributed by atoms with E-state index in [1.54, 1.807) is 0 Å². The first-order chi connectivity index (χ1) is 16.3. The minimum Gasteiger partial charge on any atom is -0.362 e. The molecule has 4 heterocycles. The number of aromatic nitrogens is 2. The third kappa shape index (κ3) is 2.79. The summed E-state index contributed by atoms with van der Waals surface area (Å²) < 4.78 is 2.10. The Bertz CT molecular complexity index is 1560. The third-order valence-electron chi connectivity index (χ3n) is 6.89. The van der Waals surface area contributed by atoms with E-state index in [1.165, 1.54) is 11.8 Å². The number of benzene rings is 2. The number of para-hydroxylation sites is 1. The minimum atomic E-state index is -0.374. The van der Waals surface area contributed by atoms with E-state index in [-0.39, 0.29) is 24.3 Å². The molecule has 2 aromatic carbocycles. The summed E-state index contributed by atoms with van der Waals surface area (Å²) in [5.41, 5.74) is 6.29. The van der Waals surface area contributed by atoms with E-state index in [9.17, 15) is 9.59 Å². The van der Waals surface area contributed by atoms with Gasteiger partial charge in [0.2, 0.25) is 5.91 Å². The van der Waals surface area contributed by atoms with Gasteiger partial charge in [-0.3, -0.25) is 14.5 Å². The Labute approximate surface area is 197 Å². The molecule has 7 nitrogen and oxygen atoms in total. The molecule has 6 rings (SSSR count). The van der Waals surface area contributed by atoms with Crippen LogP contribution in [0, 0.1) is 0 Å². The maximum Gasteiger partial charge on any atom is 0.259 e. The molecule has 2 aliphatic heterocycles. The molecule has 2 amide bonds. The average molecular weight is 452 g/mol. The van der Waals surface area contributed by atoms with Crippen molar-refractivity contribution >= 4 is 45.1 Å². The molecule has 2 aliphatic rings. The molecule has 7 heteroatoms. The smallest absolute Gasteiger partial charge is 0.259 e. The number of aryl methyl sites for hydroxylation is 1. The number of carbonyl (C=O) groups is 2. The van der Waals surface area contributed by atoms with Crippen LogP contribution < -0.4 is 10.2 Å². The number of pyridine rings is 1. The molecule has 0 saturated heterocycles. The molecule has 0 unspecified atom stereocenters. The van der Waals surface area contributed by atoms with Crippen molar-refractivity contribution in [1.29, 1.82) is 0 Å². The van der Waals surface area contributed by atoms with Gasteiger partial charge in [-0.25, -0.2) is 4.98 Å². The number of carbonyl (C=O) groups excluding carboxylic acids is 2. The number of nitrogens with zero attached hydrogens (tertiary/aromatic N) is 4. The predicted molar refractivity (Wildman–Crippen MR) is 134 cm³/mol. The SMILES string of the molecule is CC(=O)N1CC2=C(C1=O)[C@@H](c1cc3ccccc3nc1N(C)C)c1cn(C)c3cccc(c13)N2. The highest BCUT2D eigenvalue weighted by Crippen LogP contribution is 2.48. The molecular weight excluding hydrogens is 426 g/mol. The Balaban J connectivity index is 1.71. The second-order valence-electron chi connectivity index (χ2n) is 9.24. The lowest BCUT2D eigenvalue weighted by atomic mass is 9.84. The summed E-state index contributed by atoms with van der Waals surface area (Å²) in [4.78, 5) is 34.4. The summed E-state index contributed by atoms with van der Waals surface area (Å²) >= 11 is 0. The van der Waals surface area contributed by atoms with Crippen molar-refractivity contribution in [2.45, 2.75) is 12.8 Å². The van der Waals surface area contributed by atoms with Crippen LogP contribution in [0.15, 0.2) is 66.0 Å². The van der Waals surface area contributed by atoms with E-state index in [4.69, 9.17) is 4.98 Å². The van der Waals surface area contributed by atoms with Crippen molar-refractivity contribution < 1.29 is 9.59 Å². The zero-order valence-corrected chi connectivity index (χ0v) is 19.6. The number of rotatable bonds is 2. The zero-order valence-electron chi connectivity index (χ0n) is 19.6. The van der Waals surface area contributed by atoms with Crippen LogP contribution in [0.4, 0.5) is 11.5 Å². The molecule has 0 radical (unpaired) electrons. The minimum absolute atomic E-state index is 0.241. The summed E-state index contributed by atoms with van der Waals surface area (Å²) in [6.07, 6.45) is 2.11. The molecule has 0 spiro atoms. The number of fused-ring (bicyclic) bond motifs is 1. The second-order valence-corrected chi connectivity index (χ2v) is 9.24. The molecule has 0 fully saturated rings. The van der Waals surface area contributed by atoms with Gasteiger partial charge in [-0.1, -0.05) is 24.3 Å². The normalized spacial score (nSPS) is 17.2. The van der Waals surface area contributed by atoms with Crippen LogP contribution in [0.25, 0.3) is 21.8 Å². The number of nitrogens with one attached hydrogen (secondary N) is 1. The van der Waals surface area contributed by atoms with E-state index in [2.05, 4.69) is 28.2 Å². The summed E-state index contributed by atoms with van der Waals surface area (Å²) in [5.74, 6) is -0.0699. The highest BCUT2D eigenvalue weighted by Gasteiger charge is 2.42. The quantitative estimate of drug-likeness (QED) is 0.499. The van der Waals surface area contributed by atoms with Crippen molar-refractivity contribution in [2.75, 3.05) is 30.9 Å². The molecule has 0 bridgehead atoms. The fourth-order valence-corrected chi connectivity index (χ4v) is 5.39. The molecule has 34 heavy (non-hydrogen) atoms. The molecule has 1 N–H and O–H groups in total. The lowest BCUT2D eigenvalue weighted by molar-refractivity contribution is -0.139. The van der Waals surface area contributed by atoms with Crippen molar-refractivity contribution in [2.24, 2.45) is 7.05 Å². The first-order valence-corrected chi connectivity index (χ1v) is 11.3. The van der Waals surface area contributed by atoms with Gasteiger partial charge in [0.25, 0.3) is 5.91 Å². The van der Waals surface area contributed by atoms with Crippen molar-refractivity contribution in [1.82, 2.24) is 14.5 Å². The summed E-state index contributed by atoms with van der Waals surface area (Å²) in [5, 5.41) is 5.62. The first kappa shape index (κ1) is 20.5. The number of hydrogen-bond acceptors (Lipinski definition) is 5. The Kier molecular flexibility index (Phi) is 4.33. The fraction of sp³-hybridized carbons (Fsp3) is 0.222. The van der Waals surface area contributed by atoms with Gasteiger partial charge in [-0.15, -0.1) is 0 Å². The molecular formula is C27H25N5O2. The maximum absolute atomic E-state index is 13.7. The Morgan fingerprint density at radius 2 is 1.91 bits per heavy atom. The van der Waals surface area contributed by atoms with Crippen molar-refractivity contribution in [3.63, 3.8) is 0 Å². The summed E-state index contributed by atoms with van der Waals surface area (Å²) in [6.45, 7) is 1.68. The van der Waals surface area contributed by atoms with Crippen LogP contribution in [0.3, 0.4) is 0 Å². The number of amides is 2. The van der Waals surface area contributed by atoms with E-state index in [1.807, 2.05) is 62.4 Å². The van der Waals surface area contributed by atoms with Gasteiger partial charge in [-0.2, -0.15) is 0 Å². The van der Waals surface area contributed by atoms with Crippen molar-refractivity contribution in [3.8, 4) is 0 Å². The predicted octanol–water partition coefficient (Wildman–Crippen LogP) is 3.99. The monoisotopic (exact) mass is 451 g/mol. The Morgan fingerprint density at radius 3 is 2.68 bits per heavy atom. The van der Waals surface area contributed by atoms with E-state index in [0.29, 0.717) is 5.57 Å². The Morgan fingerprint density at radius 1 is 1.12 bits per heavy atom. The second kappa shape index (κ2) is 7.18. The average Bonchev–Trinajstić information content (AvgIpc) is 3.27. The number of imide groups is 1. The van der Waals surface area contributed by atoms with Gasteiger partial charge in [-0.05, 0) is 29.8 Å². The van der Waals surface area contributed by atoms with Crippen LogP contribution in [-0.4, -0.2) is 46.9 Å². The highest BCUT2D eigenvalue weighted by atomic mass is 16.2. The van der Waals surface area contributed by atoms with E-state index in [0.717, 1.165) is 50.1 Å². The molecule has 0 saturated carbocycles. The topological polar surface area (TPSA) is 70.5 Å². The van der Waals surface area contributed by atoms with Crippen LogP contribution in [0.1, 0.15) is 24.0 Å². The van der Waals surface area contributed by atoms with Gasteiger partial charge >= 0.3 is 0 Å². The van der Waals surface area contributed by atoms with Crippen LogP contribution in [0.5, 0.6) is 0 Å². The molecule has 2 aromatic heterocycles. The maximum atomic E-state index is 13.7. The Hall–Kier alpha value is -4.13. The lowest BCUT2D eigenvalue weighted by Gasteiger charge is -2.25. The third-order valence-corrected chi connectivity index (χ3v) is 6.89. The van der Waals surface area contributed by atoms with Gasteiger partial charge < -0.3 is 14.8 Å². The summed E-state index contributed by atoms with van der Waals surface area (Å²) in [6, 6.07) is 16.3. The zero-order chi connectivity index (χ0) is 23.7. The number of anilines is 2. The van der Waals surface area contributed by atoms with Gasteiger partial charge in [0.15, 0.2) is 0 Å². The summed E-state index contributed by atoms with van der Waals surface area (Å²) in [7, 11) is 5.96. The fourth-order valence-electron chi connectivity index (χ4n) is 5.39. The van der Waals surface area contributed by atoms with Gasteiger partial charge in [0, 0.05) is 67.9 Å². The van der Waals surface area contributed by atoms with Gasteiger partial charge in [0.1, 0.15) is 5.82 Å². The highest BCUT2D eigenvalue weighted by molar-refractivity contribution is 6.11. The van der Waals surface area contributed by atoms with Crippen LogP contribution >= 0.6 is 0 Å². The standard InChI is InChI=1S/C27H25N5O2/c1-15(33)32-14-21-25(27(32)34)23(18-13-31(4)22-11-7-10-20(28-21)24(18)22)17-12-16-8-5-6-9-19(16)29-26(17)30(2)3/h5-13,23,28H,14H2,1-4H3/t23-/m0/s1. The van der Waals surface area contributed by atoms with E-state index >= 15 is 0 Å². The molecule has 4 aromatic rings. The van der Waals surface area contributed by atoms with E-state index < -0.39 is 0 Å². The molecule has 170 valence electrons. The van der Waals surface area contributed by atoms with Gasteiger partial charge in [0.05, 0.1) is 23.2 Å². The number of hydrogen-bond donors (Lipinski definition) is 1. The molecule has 0 aliphatic carbocycles. The first-order valence-electron chi connectivity index (χ1n) is 11.3. The molecule has 1 atom stereocenters. The van der Waals surface area contributed by atoms with Crippen molar-refractivity contribution in [3.05, 3.63) is 77.1 Å². The largest absolute Gasteiger partial charge is 0.362 e. The van der Waals surface area contributed by atoms with Crippen LogP contribution in [0.2, 0.25) is 0 Å². The van der Waals surface area contributed by atoms with Crippen LogP contribution in [-0.2, 0) is 16.6 Å².